The lowest BCUT2D eigenvalue weighted by Crippen LogP contribution is -2.35. The van der Waals surface area contributed by atoms with Crippen LogP contribution in [0, 0.1) is 12.8 Å². The largest absolute Gasteiger partial charge is 0.481 e. The molecule has 0 saturated heterocycles. The second-order valence-corrected chi connectivity index (χ2v) is 4.47. The van der Waals surface area contributed by atoms with E-state index in [4.69, 9.17) is 5.11 Å². The maximum Gasteiger partial charge on any atom is 0.309 e. The van der Waals surface area contributed by atoms with E-state index in [1.54, 1.807) is 6.92 Å². The molecule has 0 spiro atoms. The van der Waals surface area contributed by atoms with Crippen molar-refractivity contribution in [2.24, 2.45) is 5.92 Å². The summed E-state index contributed by atoms with van der Waals surface area (Å²) in [6.45, 7) is 1.91. The van der Waals surface area contributed by atoms with Crippen molar-refractivity contribution < 1.29 is 9.90 Å². The lowest BCUT2D eigenvalue weighted by atomic mass is 10.2. The Morgan fingerprint density at radius 2 is 2.47 bits per heavy atom. The molecule has 1 aromatic rings. The number of carboxylic acids is 1. The topological polar surface area (TPSA) is 72.2 Å². The summed E-state index contributed by atoms with van der Waals surface area (Å²) in [5.41, 5.74) is 0.406. The summed E-state index contributed by atoms with van der Waals surface area (Å²) in [6.07, 6.45) is 1.53. The fourth-order valence-corrected chi connectivity index (χ4v) is 2.49. The van der Waals surface area contributed by atoms with Crippen molar-refractivity contribution in [3.63, 3.8) is 0 Å². The molecule has 1 aromatic heterocycles. The summed E-state index contributed by atoms with van der Waals surface area (Å²) in [6, 6.07) is 0. The van der Waals surface area contributed by atoms with E-state index in [1.165, 1.54) is 22.5 Å². The molecule has 80 valence electrons. The van der Waals surface area contributed by atoms with E-state index >= 15 is 0 Å². The van der Waals surface area contributed by atoms with Crippen LogP contribution in [0.4, 0.5) is 0 Å². The molecule has 0 amide bonds. The predicted molar refractivity (Wildman–Crippen MR) is 55.1 cm³/mol. The van der Waals surface area contributed by atoms with Gasteiger partial charge in [0, 0.05) is 24.1 Å². The minimum atomic E-state index is -0.860. The minimum absolute atomic E-state index is 0.140. The van der Waals surface area contributed by atoms with Gasteiger partial charge >= 0.3 is 5.97 Å². The summed E-state index contributed by atoms with van der Waals surface area (Å²) in [7, 11) is 0. The molecule has 1 atom stereocenters. The van der Waals surface area contributed by atoms with E-state index in [9.17, 15) is 9.59 Å². The number of hydrogen-bond acceptors (Lipinski definition) is 4. The third-order valence-electron chi connectivity index (χ3n) is 2.35. The molecule has 0 aromatic carbocycles. The van der Waals surface area contributed by atoms with Gasteiger partial charge in [0.05, 0.1) is 5.92 Å². The number of aryl methyl sites for hydroxylation is 1. The first-order valence-electron chi connectivity index (χ1n) is 4.51. The summed E-state index contributed by atoms with van der Waals surface area (Å²) < 4.78 is 1.45. The van der Waals surface area contributed by atoms with Gasteiger partial charge in [0.15, 0.2) is 5.16 Å². The van der Waals surface area contributed by atoms with Crippen LogP contribution in [0.15, 0.2) is 16.1 Å². The van der Waals surface area contributed by atoms with Crippen LogP contribution in [-0.4, -0.2) is 26.4 Å². The number of carboxylic acid groups (broad SMARTS) is 1. The maximum absolute atomic E-state index is 11.7. The third kappa shape index (κ3) is 1.77. The van der Waals surface area contributed by atoms with Crippen LogP contribution in [0.2, 0.25) is 0 Å². The molecule has 0 unspecified atom stereocenters. The van der Waals surface area contributed by atoms with Crippen molar-refractivity contribution >= 4 is 17.7 Å². The van der Waals surface area contributed by atoms with Crippen molar-refractivity contribution in [2.45, 2.75) is 18.6 Å². The zero-order valence-corrected chi connectivity index (χ0v) is 8.95. The van der Waals surface area contributed by atoms with Crippen molar-refractivity contribution in [3.05, 3.63) is 22.1 Å². The zero-order valence-electron chi connectivity index (χ0n) is 8.14. The molecule has 6 heteroatoms. The average Bonchev–Trinajstić information content (AvgIpc) is 2.23. The fraction of sp³-hybridized carbons (Fsp3) is 0.444. The molecule has 1 aliphatic rings. The molecule has 0 aliphatic carbocycles. The van der Waals surface area contributed by atoms with E-state index in [0.717, 1.165) is 0 Å². The first kappa shape index (κ1) is 10.2. The van der Waals surface area contributed by atoms with E-state index < -0.39 is 11.9 Å². The highest BCUT2D eigenvalue weighted by molar-refractivity contribution is 7.99. The zero-order chi connectivity index (χ0) is 11.0. The van der Waals surface area contributed by atoms with Crippen molar-refractivity contribution in [2.75, 3.05) is 5.75 Å². The molecule has 15 heavy (non-hydrogen) atoms. The maximum atomic E-state index is 11.7. The van der Waals surface area contributed by atoms with Crippen LogP contribution in [0.1, 0.15) is 5.56 Å². The van der Waals surface area contributed by atoms with E-state index in [-0.39, 0.29) is 12.1 Å². The Bertz CT molecular complexity index is 469. The number of hydrogen-bond donors (Lipinski definition) is 1. The molecular formula is C9H10N2O3S. The van der Waals surface area contributed by atoms with Gasteiger partial charge in [-0.05, 0) is 6.92 Å². The number of aliphatic carboxylic acids is 1. The van der Waals surface area contributed by atoms with Gasteiger partial charge < -0.3 is 5.11 Å². The third-order valence-corrected chi connectivity index (χ3v) is 3.50. The van der Waals surface area contributed by atoms with Crippen LogP contribution < -0.4 is 5.56 Å². The van der Waals surface area contributed by atoms with Gasteiger partial charge in [0.25, 0.3) is 5.56 Å². The van der Waals surface area contributed by atoms with E-state index in [1.807, 2.05) is 0 Å². The lowest BCUT2D eigenvalue weighted by molar-refractivity contribution is -0.141. The molecule has 0 fully saturated rings. The Kier molecular flexibility index (Phi) is 2.52. The second-order valence-electron chi connectivity index (χ2n) is 3.49. The molecule has 2 rings (SSSR count). The Hall–Kier alpha value is -1.30. The van der Waals surface area contributed by atoms with Gasteiger partial charge in [0.2, 0.25) is 0 Å². The van der Waals surface area contributed by atoms with Crippen LogP contribution in [0.3, 0.4) is 0 Å². The van der Waals surface area contributed by atoms with Gasteiger partial charge in [0.1, 0.15) is 0 Å². The quantitative estimate of drug-likeness (QED) is 0.700. The average molecular weight is 226 g/mol. The smallest absolute Gasteiger partial charge is 0.309 e. The van der Waals surface area contributed by atoms with Gasteiger partial charge in [-0.25, -0.2) is 4.98 Å². The Balaban J connectivity index is 2.44. The molecule has 2 heterocycles. The Morgan fingerprint density at radius 1 is 1.73 bits per heavy atom. The summed E-state index contributed by atoms with van der Waals surface area (Å²) in [4.78, 5) is 26.6. The van der Waals surface area contributed by atoms with E-state index in [2.05, 4.69) is 4.98 Å². The molecule has 0 saturated carbocycles. The lowest BCUT2D eigenvalue weighted by Gasteiger charge is -2.21. The molecule has 1 N–H and O–H groups in total. The standard InChI is InChI=1S/C9H10N2O3S/c1-5-2-10-9-11(7(5)12)3-6(4-15-9)8(13)14/h2,6H,3-4H2,1H3,(H,13,14)/t6-/m0/s1. The monoisotopic (exact) mass is 226 g/mol. The van der Waals surface area contributed by atoms with Crippen molar-refractivity contribution in [1.82, 2.24) is 9.55 Å². The van der Waals surface area contributed by atoms with Gasteiger partial charge in [-0.15, -0.1) is 0 Å². The van der Waals surface area contributed by atoms with Gasteiger partial charge in [-0.1, -0.05) is 11.8 Å². The normalized spacial score (nSPS) is 19.7. The van der Waals surface area contributed by atoms with Crippen LogP contribution >= 0.6 is 11.8 Å². The first-order chi connectivity index (χ1) is 7.09. The van der Waals surface area contributed by atoms with Crippen LogP contribution in [-0.2, 0) is 11.3 Å². The number of aromatic nitrogens is 2. The fourth-order valence-electron chi connectivity index (χ4n) is 1.45. The van der Waals surface area contributed by atoms with Crippen molar-refractivity contribution in [3.8, 4) is 0 Å². The number of thioether (sulfide) groups is 1. The highest BCUT2D eigenvalue weighted by atomic mass is 32.2. The number of rotatable bonds is 1. The van der Waals surface area contributed by atoms with Crippen LogP contribution in [0.25, 0.3) is 0 Å². The Morgan fingerprint density at radius 3 is 3.13 bits per heavy atom. The molecule has 0 bridgehead atoms. The summed E-state index contributed by atoms with van der Waals surface area (Å²) in [5.74, 6) is -0.879. The van der Waals surface area contributed by atoms with E-state index in [0.29, 0.717) is 16.5 Å². The highest BCUT2D eigenvalue weighted by Crippen LogP contribution is 2.24. The number of carbonyl (C=O) groups is 1. The molecule has 1 aliphatic heterocycles. The minimum Gasteiger partial charge on any atom is -0.481 e. The van der Waals surface area contributed by atoms with Gasteiger partial charge in [-0.2, -0.15) is 0 Å². The predicted octanol–water partition coefficient (Wildman–Crippen LogP) is 0.358. The molecule has 0 radical (unpaired) electrons. The highest BCUT2D eigenvalue weighted by Gasteiger charge is 2.26. The second kappa shape index (κ2) is 3.69. The van der Waals surface area contributed by atoms with Gasteiger partial charge in [-0.3, -0.25) is 14.2 Å². The van der Waals surface area contributed by atoms with Crippen LogP contribution in [0.5, 0.6) is 0 Å². The Labute approximate surface area is 90.1 Å². The molecule has 5 nitrogen and oxygen atoms in total. The number of fused-ring (bicyclic) bond motifs is 1. The number of nitrogens with zero attached hydrogens (tertiary/aromatic N) is 2. The van der Waals surface area contributed by atoms with Crippen molar-refractivity contribution in [1.29, 1.82) is 0 Å². The summed E-state index contributed by atoms with van der Waals surface area (Å²) in [5, 5.41) is 9.49. The first-order valence-corrected chi connectivity index (χ1v) is 5.50. The SMILES string of the molecule is Cc1cnc2n(c1=O)C[C@H](C(=O)O)CS2. The summed E-state index contributed by atoms with van der Waals surface area (Å²) >= 11 is 1.32. The molecular weight excluding hydrogens is 216 g/mol.